The Labute approximate surface area is 225 Å². The van der Waals surface area contributed by atoms with Crippen molar-refractivity contribution >= 4 is 41.4 Å². The van der Waals surface area contributed by atoms with E-state index in [0.717, 1.165) is 0 Å². The van der Waals surface area contributed by atoms with Gasteiger partial charge in [0, 0.05) is 6.04 Å². The monoisotopic (exact) mass is 554 g/mol. The van der Waals surface area contributed by atoms with E-state index >= 15 is 0 Å². The summed E-state index contributed by atoms with van der Waals surface area (Å²) in [6, 6.07) is -6.55. The fourth-order valence-electron chi connectivity index (χ4n) is 4.69. The maximum absolute atomic E-state index is 13.3. The molecule has 0 radical (unpaired) electrons. The minimum atomic E-state index is -1.67. The molecule has 6 atom stereocenters. The molecule has 15 nitrogen and oxygen atoms in total. The van der Waals surface area contributed by atoms with Crippen molar-refractivity contribution in [2.45, 2.75) is 89.0 Å². The highest BCUT2D eigenvalue weighted by Crippen LogP contribution is 2.25. The molecule has 0 aromatic carbocycles. The van der Waals surface area contributed by atoms with Gasteiger partial charge in [-0.2, -0.15) is 0 Å². The molecule has 1 aliphatic carbocycles. The number of nitrogens with one attached hydrogen (secondary N) is 5. The van der Waals surface area contributed by atoms with Crippen molar-refractivity contribution in [3.8, 4) is 0 Å². The van der Waals surface area contributed by atoms with Crippen LogP contribution in [-0.2, 0) is 33.6 Å². The van der Waals surface area contributed by atoms with E-state index in [4.69, 9.17) is 5.73 Å². The van der Waals surface area contributed by atoms with Crippen LogP contribution < -0.4 is 32.3 Å². The number of carboxylic acid groups (broad SMARTS) is 1. The Morgan fingerprint density at radius 3 is 1.79 bits per heavy atom. The average Bonchev–Trinajstić information content (AvgIpc) is 2.84. The number of carbonyl (C=O) groups is 7. The van der Waals surface area contributed by atoms with Crippen LogP contribution in [0.4, 0.5) is 0 Å². The topological polar surface area (TPSA) is 246 Å². The summed E-state index contributed by atoms with van der Waals surface area (Å²) in [5.41, 5.74) is 5.21. The molecule has 0 bridgehead atoms. The van der Waals surface area contributed by atoms with E-state index in [1.54, 1.807) is 0 Å². The Morgan fingerprint density at radius 1 is 0.769 bits per heavy atom. The second kappa shape index (κ2) is 14.4. The van der Waals surface area contributed by atoms with E-state index in [1.165, 1.54) is 0 Å². The first kappa shape index (κ1) is 31.5. The van der Waals surface area contributed by atoms with Crippen molar-refractivity contribution in [1.29, 1.82) is 0 Å². The lowest BCUT2D eigenvalue weighted by atomic mass is 9.83. The molecule has 1 saturated heterocycles. The van der Waals surface area contributed by atoms with Crippen LogP contribution >= 0.6 is 0 Å². The molecule has 6 amide bonds. The van der Waals surface area contributed by atoms with Crippen LogP contribution in [-0.4, -0.2) is 88.4 Å². The number of amides is 6. The third kappa shape index (κ3) is 9.50. The summed E-state index contributed by atoms with van der Waals surface area (Å²) in [5.74, 6) is -7.46. The molecule has 1 aliphatic heterocycles. The summed E-state index contributed by atoms with van der Waals surface area (Å²) in [6.45, 7) is 2.80. The summed E-state index contributed by atoms with van der Waals surface area (Å²) in [6.07, 6.45) is 0.860. The SMILES string of the molecule is CC(C)C[C@@H]1NC(=O)[C@H]2CCCC[C@@H]2NC(=O)C(CO)NC(=O)[C@H](CC(N)=O)NC(=O)[C@H](CC(=O)O)NC1=O. The van der Waals surface area contributed by atoms with Crippen LogP contribution in [0.1, 0.15) is 58.8 Å². The van der Waals surface area contributed by atoms with Gasteiger partial charge in [-0.1, -0.05) is 26.7 Å². The first-order chi connectivity index (χ1) is 18.3. The van der Waals surface area contributed by atoms with Gasteiger partial charge in [-0.25, -0.2) is 0 Å². The maximum atomic E-state index is 13.3. The first-order valence-electron chi connectivity index (χ1n) is 12.9. The predicted octanol–water partition coefficient (Wildman–Crippen LogP) is -3.00. The zero-order valence-electron chi connectivity index (χ0n) is 22.0. The number of carbonyl (C=O) groups excluding carboxylic acids is 6. The van der Waals surface area contributed by atoms with Crippen LogP contribution in [0.2, 0.25) is 0 Å². The number of hydrogen-bond donors (Lipinski definition) is 8. The molecule has 1 saturated carbocycles. The van der Waals surface area contributed by atoms with Gasteiger partial charge in [0.25, 0.3) is 0 Å². The van der Waals surface area contributed by atoms with Gasteiger partial charge >= 0.3 is 5.97 Å². The summed E-state index contributed by atoms with van der Waals surface area (Å²) in [4.78, 5) is 88.4. The van der Waals surface area contributed by atoms with E-state index < -0.39 is 97.0 Å². The zero-order valence-corrected chi connectivity index (χ0v) is 22.0. The molecule has 2 aliphatic rings. The van der Waals surface area contributed by atoms with E-state index in [9.17, 15) is 43.8 Å². The lowest BCUT2D eigenvalue weighted by Gasteiger charge is -2.34. The van der Waals surface area contributed by atoms with Crippen molar-refractivity contribution in [3.63, 3.8) is 0 Å². The largest absolute Gasteiger partial charge is 0.481 e. The molecular weight excluding hydrogens is 516 g/mol. The minimum Gasteiger partial charge on any atom is -0.481 e. The van der Waals surface area contributed by atoms with Crippen LogP contribution in [0.25, 0.3) is 0 Å². The van der Waals surface area contributed by atoms with Gasteiger partial charge in [0.15, 0.2) is 0 Å². The number of aliphatic carboxylic acids is 1. The van der Waals surface area contributed by atoms with E-state index in [2.05, 4.69) is 26.6 Å². The van der Waals surface area contributed by atoms with Crippen LogP contribution in [0, 0.1) is 11.8 Å². The second-order valence-electron chi connectivity index (χ2n) is 10.3. The fourth-order valence-corrected chi connectivity index (χ4v) is 4.69. The smallest absolute Gasteiger partial charge is 0.305 e. The number of aliphatic hydroxyl groups is 1. The van der Waals surface area contributed by atoms with Crippen molar-refractivity contribution in [2.75, 3.05) is 6.61 Å². The molecule has 1 unspecified atom stereocenters. The Hall–Kier alpha value is -3.75. The van der Waals surface area contributed by atoms with E-state index in [1.807, 2.05) is 13.8 Å². The summed E-state index contributed by atoms with van der Waals surface area (Å²) in [7, 11) is 0. The van der Waals surface area contributed by atoms with Crippen molar-refractivity contribution in [2.24, 2.45) is 17.6 Å². The van der Waals surface area contributed by atoms with E-state index in [-0.39, 0.29) is 12.3 Å². The molecule has 0 aromatic heterocycles. The molecule has 2 fully saturated rings. The number of nitrogens with two attached hydrogens (primary N) is 1. The minimum absolute atomic E-state index is 0.0748. The molecule has 1 heterocycles. The Morgan fingerprint density at radius 2 is 1.26 bits per heavy atom. The third-order valence-electron chi connectivity index (χ3n) is 6.64. The zero-order chi connectivity index (χ0) is 29.3. The van der Waals surface area contributed by atoms with Gasteiger partial charge in [-0.15, -0.1) is 0 Å². The summed E-state index contributed by atoms with van der Waals surface area (Å²) < 4.78 is 0. The number of carboxylic acids is 1. The molecular formula is C24H38N6O9. The second-order valence-corrected chi connectivity index (χ2v) is 10.3. The van der Waals surface area contributed by atoms with Crippen LogP contribution in [0.5, 0.6) is 0 Å². The lowest BCUT2D eigenvalue weighted by Crippen LogP contribution is -2.62. The van der Waals surface area contributed by atoms with Crippen LogP contribution in [0.3, 0.4) is 0 Å². The highest BCUT2D eigenvalue weighted by molar-refractivity contribution is 5.98. The first-order valence-corrected chi connectivity index (χ1v) is 12.9. The quantitative estimate of drug-likeness (QED) is 0.159. The third-order valence-corrected chi connectivity index (χ3v) is 6.64. The van der Waals surface area contributed by atoms with Gasteiger partial charge in [-0.3, -0.25) is 33.6 Å². The molecule has 9 N–H and O–H groups in total. The standard InChI is InChI=1S/C24H38N6O9/c1-11(2)7-14-21(36)29-16(9-19(33)34)23(38)28-15(8-18(25)32)22(37)30-17(10-31)24(39)26-13-6-4-3-5-12(13)20(35)27-14/h11-17,31H,3-10H2,1-2H3,(H2,25,32)(H,26,39)(H,27,35)(H,28,38)(H,29,36)(H,30,37)(H,33,34)/t12-,13-,14-,15-,16-,17?/m0/s1. The van der Waals surface area contributed by atoms with Gasteiger partial charge in [0.05, 0.1) is 25.4 Å². The van der Waals surface area contributed by atoms with Gasteiger partial charge in [-0.05, 0) is 25.2 Å². The average molecular weight is 555 g/mol. The highest BCUT2D eigenvalue weighted by atomic mass is 16.4. The number of aliphatic hydroxyl groups excluding tert-OH is 1. The number of rotatable bonds is 7. The molecule has 0 aromatic rings. The van der Waals surface area contributed by atoms with Crippen molar-refractivity contribution < 1.29 is 43.8 Å². The lowest BCUT2D eigenvalue weighted by molar-refractivity contribution is -0.142. The Balaban J connectivity index is 2.50. The van der Waals surface area contributed by atoms with Gasteiger partial charge in [0.1, 0.15) is 24.2 Å². The summed E-state index contributed by atoms with van der Waals surface area (Å²) in [5, 5.41) is 31.3. The molecule has 2 rings (SSSR count). The number of primary amides is 1. The number of fused-ring (bicyclic) bond motifs is 1. The highest BCUT2D eigenvalue weighted by Gasteiger charge is 2.38. The molecule has 39 heavy (non-hydrogen) atoms. The predicted molar refractivity (Wildman–Crippen MR) is 134 cm³/mol. The molecule has 218 valence electrons. The van der Waals surface area contributed by atoms with Gasteiger partial charge < -0.3 is 42.5 Å². The maximum Gasteiger partial charge on any atom is 0.305 e. The normalized spacial score (nSPS) is 29.3. The van der Waals surface area contributed by atoms with E-state index in [0.29, 0.717) is 25.7 Å². The number of hydrogen-bond acceptors (Lipinski definition) is 8. The Bertz CT molecular complexity index is 972. The fraction of sp³-hybridized carbons (Fsp3) is 0.708. The van der Waals surface area contributed by atoms with Crippen molar-refractivity contribution in [1.82, 2.24) is 26.6 Å². The molecule has 0 spiro atoms. The van der Waals surface area contributed by atoms with Gasteiger partial charge in [0.2, 0.25) is 35.4 Å². The van der Waals surface area contributed by atoms with Crippen molar-refractivity contribution in [3.05, 3.63) is 0 Å². The Kier molecular flexibility index (Phi) is 11.6. The van der Waals surface area contributed by atoms with Crippen LogP contribution in [0.15, 0.2) is 0 Å². The summed E-state index contributed by atoms with van der Waals surface area (Å²) >= 11 is 0. The molecule has 15 heteroatoms.